The second kappa shape index (κ2) is 6.07. The number of hydrogen-bond donors (Lipinski definition) is 1. The van der Waals surface area contributed by atoms with Gasteiger partial charge < -0.3 is 10.2 Å². The van der Waals surface area contributed by atoms with E-state index < -0.39 is 5.54 Å². The van der Waals surface area contributed by atoms with Crippen LogP contribution in [-0.2, 0) is 4.79 Å². The predicted molar refractivity (Wildman–Crippen MR) is 88.4 cm³/mol. The zero-order valence-electron chi connectivity index (χ0n) is 14.1. The monoisotopic (exact) mass is 327 g/mol. The lowest BCUT2D eigenvalue weighted by Gasteiger charge is -2.48. The molecule has 2 amide bonds. The average molecular weight is 327 g/mol. The standard InChI is InChI=1S/C17H21N5O2/c1-12-6-9-22(20-12)13(2)15(23)19-17(3)10-21(11-17)16(24)14-4-7-18-8-5-14/h4-9,13H,10-11H2,1-3H3,(H,19,23). The van der Waals surface area contributed by atoms with Crippen molar-refractivity contribution in [3.8, 4) is 0 Å². The quantitative estimate of drug-likeness (QED) is 0.914. The van der Waals surface area contributed by atoms with Crippen LogP contribution in [0.3, 0.4) is 0 Å². The third kappa shape index (κ3) is 3.15. The Labute approximate surface area is 140 Å². The maximum atomic E-state index is 12.4. The number of aromatic nitrogens is 3. The van der Waals surface area contributed by atoms with Gasteiger partial charge in [-0.05, 0) is 39.0 Å². The molecule has 0 bridgehead atoms. The highest BCUT2D eigenvalue weighted by molar-refractivity contribution is 5.95. The van der Waals surface area contributed by atoms with Crippen LogP contribution in [0.15, 0.2) is 36.8 Å². The van der Waals surface area contributed by atoms with E-state index >= 15 is 0 Å². The van der Waals surface area contributed by atoms with E-state index in [1.54, 1.807) is 40.3 Å². The van der Waals surface area contributed by atoms with Gasteiger partial charge in [-0.1, -0.05) is 0 Å². The van der Waals surface area contributed by atoms with Crippen molar-refractivity contribution in [2.45, 2.75) is 32.4 Å². The lowest BCUT2D eigenvalue weighted by Crippen LogP contribution is -2.70. The molecule has 1 unspecified atom stereocenters. The number of carbonyl (C=O) groups is 2. The van der Waals surface area contributed by atoms with Crippen LogP contribution < -0.4 is 5.32 Å². The first kappa shape index (κ1) is 16.2. The maximum Gasteiger partial charge on any atom is 0.254 e. The fourth-order valence-electron chi connectivity index (χ4n) is 2.87. The van der Waals surface area contributed by atoms with Gasteiger partial charge in [-0.3, -0.25) is 19.3 Å². The fourth-order valence-corrected chi connectivity index (χ4v) is 2.87. The Morgan fingerprint density at radius 3 is 2.50 bits per heavy atom. The van der Waals surface area contributed by atoms with E-state index in [4.69, 9.17) is 0 Å². The van der Waals surface area contributed by atoms with Crippen LogP contribution in [0.1, 0.15) is 35.9 Å². The molecule has 1 atom stereocenters. The number of pyridine rings is 1. The topological polar surface area (TPSA) is 80.1 Å². The van der Waals surface area contributed by atoms with Crippen LogP contribution in [-0.4, -0.2) is 50.1 Å². The molecule has 1 fully saturated rings. The average Bonchev–Trinajstić information content (AvgIpc) is 2.98. The molecular weight excluding hydrogens is 306 g/mol. The number of amides is 2. The van der Waals surface area contributed by atoms with E-state index in [0.717, 1.165) is 5.69 Å². The number of rotatable bonds is 4. The lowest BCUT2D eigenvalue weighted by molar-refractivity contribution is -0.127. The van der Waals surface area contributed by atoms with Gasteiger partial charge in [0.1, 0.15) is 6.04 Å². The van der Waals surface area contributed by atoms with Gasteiger partial charge >= 0.3 is 0 Å². The first-order valence-corrected chi connectivity index (χ1v) is 7.91. The number of carbonyl (C=O) groups excluding carboxylic acids is 2. The summed E-state index contributed by atoms with van der Waals surface area (Å²) in [5.41, 5.74) is 1.08. The summed E-state index contributed by atoms with van der Waals surface area (Å²) >= 11 is 0. The van der Waals surface area contributed by atoms with Crippen LogP contribution in [0.2, 0.25) is 0 Å². The first-order valence-electron chi connectivity index (χ1n) is 7.91. The molecule has 1 N–H and O–H groups in total. The van der Waals surface area contributed by atoms with Crippen molar-refractivity contribution in [3.05, 3.63) is 48.0 Å². The van der Waals surface area contributed by atoms with Crippen molar-refractivity contribution in [2.24, 2.45) is 0 Å². The Morgan fingerprint density at radius 2 is 1.92 bits per heavy atom. The van der Waals surface area contributed by atoms with Crippen molar-refractivity contribution in [1.29, 1.82) is 0 Å². The zero-order valence-corrected chi connectivity index (χ0v) is 14.1. The van der Waals surface area contributed by atoms with Gasteiger partial charge in [0.2, 0.25) is 5.91 Å². The first-order chi connectivity index (χ1) is 11.4. The molecule has 3 heterocycles. The Morgan fingerprint density at radius 1 is 1.25 bits per heavy atom. The molecule has 1 aliphatic rings. The molecule has 1 saturated heterocycles. The molecule has 0 radical (unpaired) electrons. The van der Waals surface area contributed by atoms with Crippen molar-refractivity contribution in [1.82, 2.24) is 25.0 Å². The van der Waals surface area contributed by atoms with Crippen LogP contribution in [0.25, 0.3) is 0 Å². The molecule has 3 rings (SSSR count). The molecule has 7 nitrogen and oxygen atoms in total. The molecule has 2 aromatic heterocycles. The summed E-state index contributed by atoms with van der Waals surface area (Å²) in [6, 6.07) is 4.86. The molecular formula is C17H21N5O2. The van der Waals surface area contributed by atoms with Crippen LogP contribution in [0, 0.1) is 6.92 Å². The molecule has 126 valence electrons. The van der Waals surface area contributed by atoms with Crippen LogP contribution >= 0.6 is 0 Å². The summed E-state index contributed by atoms with van der Waals surface area (Å²) in [5.74, 6) is -0.142. The normalized spacial score (nSPS) is 17.0. The highest BCUT2D eigenvalue weighted by Gasteiger charge is 2.43. The van der Waals surface area contributed by atoms with Gasteiger partial charge in [0.15, 0.2) is 0 Å². The van der Waals surface area contributed by atoms with Gasteiger partial charge in [-0.2, -0.15) is 5.10 Å². The molecule has 2 aromatic rings. The molecule has 7 heteroatoms. The second-order valence-electron chi connectivity index (χ2n) is 6.56. The van der Waals surface area contributed by atoms with Crippen LogP contribution in [0.4, 0.5) is 0 Å². The summed E-state index contributed by atoms with van der Waals surface area (Å²) in [6.45, 7) is 6.62. The van der Waals surface area contributed by atoms with Gasteiger partial charge in [0, 0.05) is 37.2 Å². The number of nitrogens with zero attached hydrogens (tertiary/aromatic N) is 4. The SMILES string of the molecule is Cc1ccn(C(C)C(=O)NC2(C)CN(C(=O)c3ccncc3)C2)n1. The highest BCUT2D eigenvalue weighted by Crippen LogP contribution is 2.23. The van der Waals surface area contributed by atoms with E-state index in [0.29, 0.717) is 18.7 Å². The minimum atomic E-state index is -0.407. The summed E-state index contributed by atoms with van der Waals surface area (Å²) in [7, 11) is 0. The van der Waals surface area contributed by atoms with Crippen molar-refractivity contribution in [2.75, 3.05) is 13.1 Å². The van der Waals surface area contributed by atoms with E-state index in [-0.39, 0.29) is 17.9 Å². The number of nitrogens with one attached hydrogen (secondary N) is 1. The summed E-state index contributed by atoms with van der Waals surface area (Å²) in [5, 5.41) is 7.30. The van der Waals surface area contributed by atoms with E-state index in [9.17, 15) is 9.59 Å². The third-order valence-corrected chi connectivity index (χ3v) is 4.24. The molecule has 24 heavy (non-hydrogen) atoms. The Balaban J connectivity index is 1.57. The molecule has 1 aliphatic heterocycles. The summed E-state index contributed by atoms with van der Waals surface area (Å²) < 4.78 is 1.65. The Hall–Kier alpha value is -2.70. The molecule has 0 aromatic carbocycles. The summed E-state index contributed by atoms with van der Waals surface area (Å²) in [4.78, 5) is 30.4. The number of hydrogen-bond acceptors (Lipinski definition) is 4. The second-order valence-corrected chi connectivity index (χ2v) is 6.56. The van der Waals surface area contributed by atoms with E-state index in [2.05, 4.69) is 15.4 Å². The van der Waals surface area contributed by atoms with E-state index in [1.807, 2.05) is 26.8 Å². The minimum Gasteiger partial charge on any atom is -0.346 e. The third-order valence-electron chi connectivity index (χ3n) is 4.24. The minimum absolute atomic E-state index is 0.0418. The van der Waals surface area contributed by atoms with Crippen molar-refractivity contribution >= 4 is 11.8 Å². The fraction of sp³-hybridized carbons (Fsp3) is 0.412. The van der Waals surface area contributed by atoms with Crippen molar-refractivity contribution in [3.63, 3.8) is 0 Å². The summed E-state index contributed by atoms with van der Waals surface area (Å²) in [6.07, 6.45) is 4.99. The molecule has 0 aliphatic carbocycles. The Kier molecular flexibility index (Phi) is 4.09. The van der Waals surface area contributed by atoms with Crippen LogP contribution in [0.5, 0.6) is 0 Å². The van der Waals surface area contributed by atoms with Gasteiger partial charge in [0.25, 0.3) is 5.91 Å². The zero-order chi connectivity index (χ0) is 17.3. The molecule has 0 saturated carbocycles. The smallest absolute Gasteiger partial charge is 0.254 e. The van der Waals surface area contributed by atoms with Gasteiger partial charge in [0.05, 0.1) is 11.2 Å². The van der Waals surface area contributed by atoms with Gasteiger partial charge in [-0.15, -0.1) is 0 Å². The lowest BCUT2D eigenvalue weighted by atomic mass is 9.91. The van der Waals surface area contributed by atoms with Gasteiger partial charge in [-0.25, -0.2) is 0 Å². The van der Waals surface area contributed by atoms with Crippen molar-refractivity contribution < 1.29 is 9.59 Å². The largest absolute Gasteiger partial charge is 0.346 e. The van der Waals surface area contributed by atoms with E-state index in [1.165, 1.54) is 0 Å². The number of likely N-dealkylation sites (tertiary alicyclic amines) is 1. The number of aryl methyl sites for hydroxylation is 1. The molecule has 0 spiro atoms. The maximum absolute atomic E-state index is 12.4. The Bertz CT molecular complexity index is 749. The highest BCUT2D eigenvalue weighted by atomic mass is 16.2. The predicted octanol–water partition coefficient (Wildman–Crippen LogP) is 1.18.